The van der Waals surface area contributed by atoms with E-state index in [0.29, 0.717) is 22.8 Å². The van der Waals surface area contributed by atoms with Gasteiger partial charge in [0.25, 0.3) is 10.0 Å². The lowest BCUT2D eigenvalue weighted by atomic mass is 10.2. The smallest absolute Gasteiger partial charge is 0.261 e. The van der Waals surface area contributed by atoms with Gasteiger partial charge in [-0.3, -0.25) is 9.52 Å². The molecule has 0 bridgehead atoms. The Balaban J connectivity index is 1.65. The Bertz CT molecular complexity index is 1130. The first-order chi connectivity index (χ1) is 14.8. The van der Waals surface area contributed by atoms with Crippen molar-refractivity contribution in [2.24, 2.45) is 0 Å². The summed E-state index contributed by atoms with van der Waals surface area (Å²) in [6.07, 6.45) is 0.645. The highest BCUT2D eigenvalue weighted by Gasteiger charge is 2.19. The zero-order valence-corrected chi connectivity index (χ0v) is 19.5. The molecule has 0 aliphatic rings. The monoisotopic (exact) mass is 474 g/mol. The lowest BCUT2D eigenvalue weighted by molar-refractivity contribution is -0.115. The maximum absolute atomic E-state index is 12.7. The molecule has 0 saturated carbocycles. The maximum atomic E-state index is 12.7. The van der Waals surface area contributed by atoms with E-state index in [-0.39, 0.29) is 16.1 Å². The summed E-state index contributed by atoms with van der Waals surface area (Å²) < 4.78 is 27.7. The Morgan fingerprint density at radius 2 is 1.52 bits per heavy atom. The topological polar surface area (TPSA) is 75.3 Å². The van der Waals surface area contributed by atoms with Crippen molar-refractivity contribution in [3.63, 3.8) is 0 Å². The van der Waals surface area contributed by atoms with Crippen molar-refractivity contribution < 1.29 is 13.2 Å². The second-order valence-corrected chi connectivity index (χ2v) is 10.3. The number of halogens is 1. The molecular weight excluding hydrogens is 452 g/mol. The van der Waals surface area contributed by atoms with Gasteiger partial charge in [0, 0.05) is 21.3 Å². The lowest BCUT2D eigenvalue weighted by Crippen LogP contribution is -2.24. The van der Waals surface area contributed by atoms with E-state index < -0.39 is 10.0 Å². The van der Waals surface area contributed by atoms with Crippen molar-refractivity contribution in [3.05, 3.63) is 83.4 Å². The molecular formula is C23H23ClN2O3S2. The van der Waals surface area contributed by atoms with E-state index in [1.165, 1.54) is 23.9 Å². The van der Waals surface area contributed by atoms with Crippen molar-refractivity contribution in [1.82, 2.24) is 0 Å². The molecule has 162 valence electrons. The molecule has 1 unspecified atom stereocenters. The molecule has 0 heterocycles. The van der Waals surface area contributed by atoms with Crippen molar-refractivity contribution in [2.45, 2.75) is 35.3 Å². The summed E-state index contributed by atoms with van der Waals surface area (Å²) in [5, 5.41) is 3.22. The third-order valence-electron chi connectivity index (χ3n) is 4.49. The third-order valence-corrected chi connectivity index (χ3v) is 7.52. The molecule has 5 nitrogen and oxygen atoms in total. The van der Waals surface area contributed by atoms with Crippen LogP contribution in [0.15, 0.2) is 82.6 Å². The van der Waals surface area contributed by atoms with Crippen LogP contribution in [0.4, 0.5) is 11.4 Å². The fourth-order valence-corrected chi connectivity index (χ4v) is 4.91. The number of carbonyl (C=O) groups excluding carboxylic acids is 1. The van der Waals surface area contributed by atoms with E-state index in [1.54, 1.807) is 36.4 Å². The summed E-state index contributed by atoms with van der Waals surface area (Å²) in [7, 11) is -3.71. The van der Waals surface area contributed by atoms with Gasteiger partial charge in [0.1, 0.15) is 0 Å². The highest BCUT2D eigenvalue weighted by Crippen LogP contribution is 2.28. The molecule has 3 rings (SSSR count). The number of carbonyl (C=O) groups is 1. The molecule has 0 spiro atoms. The Kier molecular flexibility index (Phi) is 7.64. The van der Waals surface area contributed by atoms with Gasteiger partial charge < -0.3 is 5.32 Å². The van der Waals surface area contributed by atoms with Gasteiger partial charge in [-0.15, -0.1) is 11.8 Å². The van der Waals surface area contributed by atoms with E-state index in [9.17, 15) is 13.2 Å². The summed E-state index contributed by atoms with van der Waals surface area (Å²) in [4.78, 5) is 13.7. The summed E-state index contributed by atoms with van der Waals surface area (Å²) >= 11 is 7.37. The van der Waals surface area contributed by atoms with Gasteiger partial charge in [0.15, 0.2) is 0 Å². The third kappa shape index (κ3) is 6.50. The summed E-state index contributed by atoms with van der Waals surface area (Å²) in [6.45, 7) is 3.88. The Morgan fingerprint density at radius 3 is 2.10 bits per heavy atom. The molecule has 2 N–H and O–H groups in total. The second kappa shape index (κ2) is 10.2. The van der Waals surface area contributed by atoms with Crippen molar-refractivity contribution in [3.8, 4) is 0 Å². The number of nitrogens with one attached hydrogen (secondary N) is 2. The standard InChI is InChI=1S/C23H23ClN2O3S2/c1-3-22(30-20-12-6-17(24)7-13-20)23(27)25-18-10-14-21(15-11-18)31(28,29)26-19-8-4-16(2)5-9-19/h4-15,22,26H,3H2,1-2H3,(H,25,27). The molecule has 0 aliphatic heterocycles. The van der Waals surface area contributed by atoms with E-state index in [4.69, 9.17) is 11.6 Å². The molecule has 0 aromatic heterocycles. The van der Waals surface area contributed by atoms with Gasteiger partial charge >= 0.3 is 0 Å². The number of hydrogen-bond acceptors (Lipinski definition) is 4. The van der Waals surface area contributed by atoms with E-state index >= 15 is 0 Å². The number of amides is 1. The zero-order chi connectivity index (χ0) is 22.4. The molecule has 1 atom stereocenters. The van der Waals surface area contributed by atoms with Crippen LogP contribution in [0.25, 0.3) is 0 Å². The van der Waals surface area contributed by atoms with Gasteiger partial charge in [0.05, 0.1) is 10.1 Å². The van der Waals surface area contributed by atoms with E-state index in [2.05, 4.69) is 10.0 Å². The first-order valence-electron chi connectivity index (χ1n) is 9.69. The second-order valence-electron chi connectivity index (χ2n) is 6.95. The van der Waals surface area contributed by atoms with Crippen molar-refractivity contribution >= 4 is 50.7 Å². The van der Waals surface area contributed by atoms with Crippen molar-refractivity contribution in [1.29, 1.82) is 0 Å². The number of sulfonamides is 1. The molecule has 3 aromatic carbocycles. The van der Waals surface area contributed by atoms with Crippen LogP contribution in [-0.4, -0.2) is 19.6 Å². The number of benzene rings is 3. The van der Waals surface area contributed by atoms with Gasteiger partial charge in [-0.05, 0) is 74.0 Å². The largest absolute Gasteiger partial charge is 0.325 e. The number of hydrogen-bond donors (Lipinski definition) is 2. The fourth-order valence-electron chi connectivity index (χ4n) is 2.78. The molecule has 31 heavy (non-hydrogen) atoms. The number of aryl methyl sites for hydroxylation is 1. The van der Waals surface area contributed by atoms with Crippen LogP contribution >= 0.6 is 23.4 Å². The first-order valence-corrected chi connectivity index (χ1v) is 12.4. The van der Waals surface area contributed by atoms with Gasteiger partial charge in [-0.25, -0.2) is 8.42 Å². The van der Waals surface area contributed by atoms with Crippen LogP contribution in [0.1, 0.15) is 18.9 Å². The Labute approximate surface area is 192 Å². The van der Waals surface area contributed by atoms with Crippen LogP contribution in [0.2, 0.25) is 5.02 Å². The van der Waals surface area contributed by atoms with Crippen LogP contribution in [0, 0.1) is 6.92 Å². The molecule has 0 fully saturated rings. The Morgan fingerprint density at radius 1 is 0.935 bits per heavy atom. The minimum absolute atomic E-state index is 0.119. The normalized spacial score (nSPS) is 12.2. The summed E-state index contributed by atoms with van der Waals surface area (Å²) in [5.74, 6) is -0.143. The lowest BCUT2D eigenvalue weighted by Gasteiger charge is -2.15. The number of anilines is 2. The van der Waals surface area contributed by atoms with Crippen LogP contribution in [0.5, 0.6) is 0 Å². The minimum Gasteiger partial charge on any atom is -0.325 e. The molecule has 3 aromatic rings. The van der Waals surface area contributed by atoms with E-state index in [1.807, 2.05) is 38.1 Å². The van der Waals surface area contributed by atoms with Crippen LogP contribution in [-0.2, 0) is 14.8 Å². The Hall–Kier alpha value is -2.48. The highest BCUT2D eigenvalue weighted by atomic mass is 35.5. The highest BCUT2D eigenvalue weighted by molar-refractivity contribution is 8.00. The summed E-state index contributed by atoms with van der Waals surface area (Å²) in [5.41, 5.74) is 2.07. The zero-order valence-electron chi connectivity index (χ0n) is 17.1. The minimum atomic E-state index is -3.71. The predicted molar refractivity (Wildman–Crippen MR) is 128 cm³/mol. The molecule has 0 aliphatic carbocycles. The van der Waals surface area contributed by atoms with E-state index in [0.717, 1.165) is 10.5 Å². The molecule has 1 amide bonds. The molecule has 0 saturated heterocycles. The number of rotatable bonds is 8. The first kappa shape index (κ1) is 23.2. The van der Waals surface area contributed by atoms with Crippen LogP contribution in [0.3, 0.4) is 0 Å². The van der Waals surface area contributed by atoms with Crippen molar-refractivity contribution in [2.75, 3.05) is 10.0 Å². The van der Waals surface area contributed by atoms with Crippen LogP contribution < -0.4 is 10.0 Å². The SMILES string of the molecule is CCC(Sc1ccc(Cl)cc1)C(=O)Nc1ccc(S(=O)(=O)Nc2ccc(C)cc2)cc1. The van der Waals surface area contributed by atoms with Gasteiger partial charge in [-0.1, -0.05) is 36.2 Å². The summed E-state index contributed by atoms with van der Waals surface area (Å²) in [6, 6.07) is 20.5. The predicted octanol–water partition coefficient (Wildman–Crippen LogP) is 5.96. The average Bonchev–Trinajstić information content (AvgIpc) is 2.75. The van der Waals surface area contributed by atoms with Gasteiger partial charge in [-0.2, -0.15) is 0 Å². The quantitative estimate of drug-likeness (QED) is 0.395. The maximum Gasteiger partial charge on any atom is 0.261 e. The average molecular weight is 475 g/mol. The molecule has 8 heteroatoms. The fraction of sp³-hybridized carbons (Fsp3) is 0.174. The van der Waals surface area contributed by atoms with Gasteiger partial charge in [0.2, 0.25) is 5.91 Å². The number of thioether (sulfide) groups is 1. The molecule has 0 radical (unpaired) electrons.